The first-order valence-electron chi connectivity index (χ1n) is 6.90. The molecule has 1 N–H and O–H groups in total. The van der Waals surface area contributed by atoms with Crippen LogP contribution in [0.25, 0.3) is 0 Å². The van der Waals surface area contributed by atoms with Crippen LogP contribution in [0.2, 0.25) is 5.02 Å². The number of likely N-dealkylation sites (N-methyl/N-ethyl adjacent to an activating group) is 1. The van der Waals surface area contributed by atoms with E-state index in [1.807, 2.05) is 0 Å². The molecule has 106 valence electrons. The molecule has 0 saturated carbocycles. The lowest BCUT2D eigenvalue weighted by Crippen LogP contribution is -2.29. The van der Waals surface area contributed by atoms with Gasteiger partial charge in [0.15, 0.2) is 5.82 Å². The minimum atomic E-state index is 0.631. The van der Waals surface area contributed by atoms with E-state index in [1.54, 1.807) is 6.20 Å². The molecule has 2 heterocycles. The summed E-state index contributed by atoms with van der Waals surface area (Å²) in [6.07, 6.45) is 3.88. The number of nitrogens with one attached hydrogen (secondary N) is 1. The summed E-state index contributed by atoms with van der Waals surface area (Å²) in [7, 11) is 2.15. The van der Waals surface area contributed by atoms with Gasteiger partial charge in [-0.05, 0) is 26.4 Å². The maximum atomic E-state index is 6.25. The van der Waals surface area contributed by atoms with Crippen LogP contribution in [0.4, 0.5) is 11.8 Å². The maximum absolute atomic E-state index is 6.25. The maximum Gasteiger partial charge on any atom is 0.224 e. The zero-order chi connectivity index (χ0) is 13.7. The van der Waals surface area contributed by atoms with Crippen LogP contribution in [0.3, 0.4) is 0 Å². The third-order valence-corrected chi connectivity index (χ3v) is 3.54. The molecule has 2 rings (SSSR count). The van der Waals surface area contributed by atoms with Gasteiger partial charge in [-0.3, -0.25) is 0 Å². The van der Waals surface area contributed by atoms with Gasteiger partial charge in [-0.15, -0.1) is 0 Å². The van der Waals surface area contributed by atoms with Crippen molar-refractivity contribution in [2.24, 2.45) is 0 Å². The molecule has 0 unspecified atom stereocenters. The molecule has 0 spiro atoms. The van der Waals surface area contributed by atoms with Crippen LogP contribution in [0.1, 0.15) is 19.8 Å². The van der Waals surface area contributed by atoms with E-state index in [4.69, 9.17) is 11.6 Å². The summed E-state index contributed by atoms with van der Waals surface area (Å²) >= 11 is 6.25. The Kier molecular flexibility index (Phi) is 5.22. The minimum absolute atomic E-state index is 0.631. The topological polar surface area (TPSA) is 44.3 Å². The summed E-state index contributed by atoms with van der Waals surface area (Å²) in [5, 5.41) is 3.84. The predicted molar refractivity (Wildman–Crippen MR) is 80.1 cm³/mol. The van der Waals surface area contributed by atoms with Crippen molar-refractivity contribution in [1.29, 1.82) is 0 Å². The molecule has 0 aliphatic carbocycles. The third kappa shape index (κ3) is 3.94. The second-order valence-corrected chi connectivity index (χ2v) is 5.34. The zero-order valence-corrected chi connectivity index (χ0v) is 12.4. The van der Waals surface area contributed by atoms with Crippen LogP contribution in [-0.4, -0.2) is 54.6 Å². The van der Waals surface area contributed by atoms with Crippen molar-refractivity contribution in [1.82, 2.24) is 14.9 Å². The highest BCUT2D eigenvalue weighted by atomic mass is 35.5. The van der Waals surface area contributed by atoms with Crippen LogP contribution in [0, 0.1) is 0 Å². The normalized spacial score (nSPS) is 17.3. The zero-order valence-electron chi connectivity index (χ0n) is 11.7. The quantitative estimate of drug-likeness (QED) is 0.917. The number of hydrogen-bond acceptors (Lipinski definition) is 5. The number of anilines is 2. The van der Waals surface area contributed by atoms with E-state index in [9.17, 15) is 0 Å². The monoisotopic (exact) mass is 283 g/mol. The van der Waals surface area contributed by atoms with Crippen molar-refractivity contribution >= 4 is 23.4 Å². The highest BCUT2D eigenvalue weighted by Gasteiger charge is 2.17. The Labute approximate surface area is 120 Å². The molecule has 0 atom stereocenters. The molecule has 1 saturated heterocycles. The Hall–Kier alpha value is -1.07. The summed E-state index contributed by atoms with van der Waals surface area (Å²) in [5.41, 5.74) is 0. The SMILES string of the molecule is CCCNc1ncc(Cl)c(N2CCCN(C)CC2)n1. The van der Waals surface area contributed by atoms with Crippen LogP contribution in [0.5, 0.6) is 0 Å². The highest BCUT2D eigenvalue weighted by molar-refractivity contribution is 6.32. The molecule has 1 aromatic rings. The van der Waals surface area contributed by atoms with Gasteiger partial charge in [0.2, 0.25) is 5.95 Å². The summed E-state index contributed by atoms with van der Waals surface area (Å²) in [4.78, 5) is 13.4. The van der Waals surface area contributed by atoms with E-state index in [0.29, 0.717) is 11.0 Å². The first-order valence-corrected chi connectivity index (χ1v) is 7.28. The number of nitrogens with zero attached hydrogens (tertiary/aromatic N) is 4. The average molecular weight is 284 g/mol. The van der Waals surface area contributed by atoms with E-state index in [0.717, 1.165) is 51.4 Å². The van der Waals surface area contributed by atoms with Crippen molar-refractivity contribution in [3.05, 3.63) is 11.2 Å². The van der Waals surface area contributed by atoms with Gasteiger partial charge in [0, 0.05) is 26.2 Å². The Morgan fingerprint density at radius 1 is 1.32 bits per heavy atom. The molecule has 6 heteroatoms. The van der Waals surface area contributed by atoms with Gasteiger partial charge < -0.3 is 15.1 Å². The molecule has 1 fully saturated rings. The molecule has 5 nitrogen and oxygen atoms in total. The van der Waals surface area contributed by atoms with Crippen molar-refractivity contribution in [3.8, 4) is 0 Å². The van der Waals surface area contributed by atoms with Crippen LogP contribution in [0.15, 0.2) is 6.20 Å². The molecule has 0 amide bonds. The second kappa shape index (κ2) is 6.91. The molecule has 19 heavy (non-hydrogen) atoms. The summed E-state index contributed by atoms with van der Waals surface area (Å²) in [5.74, 6) is 1.52. The van der Waals surface area contributed by atoms with Crippen LogP contribution in [-0.2, 0) is 0 Å². The van der Waals surface area contributed by atoms with E-state index in [-0.39, 0.29) is 0 Å². The third-order valence-electron chi connectivity index (χ3n) is 3.28. The Morgan fingerprint density at radius 2 is 2.16 bits per heavy atom. The minimum Gasteiger partial charge on any atom is -0.354 e. The van der Waals surface area contributed by atoms with E-state index >= 15 is 0 Å². The van der Waals surface area contributed by atoms with Crippen molar-refractivity contribution in [2.75, 3.05) is 50.0 Å². The summed E-state index contributed by atoms with van der Waals surface area (Å²) < 4.78 is 0. The first kappa shape index (κ1) is 14.3. The fourth-order valence-corrected chi connectivity index (χ4v) is 2.37. The molecule has 0 bridgehead atoms. The molecule has 1 aliphatic heterocycles. The van der Waals surface area contributed by atoms with Gasteiger partial charge >= 0.3 is 0 Å². The van der Waals surface area contributed by atoms with Gasteiger partial charge in [-0.1, -0.05) is 18.5 Å². The van der Waals surface area contributed by atoms with Gasteiger partial charge in [-0.25, -0.2) is 4.98 Å². The summed E-state index contributed by atoms with van der Waals surface area (Å²) in [6, 6.07) is 0. The second-order valence-electron chi connectivity index (χ2n) is 4.94. The lowest BCUT2D eigenvalue weighted by atomic mass is 10.4. The fraction of sp³-hybridized carbons (Fsp3) is 0.692. The predicted octanol–water partition coefficient (Wildman–Crippen LogP) is 2.09. The van der Waals surface area contributed by atoms with Gasteiger partial charge in [0.25, 0.3) is 0 Å². The largest absolute Gasteiger partial charge is 0.354 e. The van der Waals surface area contributed by atoms with E-state index in [1.165, 1.54) is 0 Å². The smallest absolute Gasteiger partial charge is 0.224 e. The molecular formula is C13H22ClN5. The lowest BCUT2D eigenvalue weighted by molar-refractivity contribution is 0.360. The highest BCUT2D eigenvalue weighted by Crippen LogP contribution is 2.24. The molecular weight excluding hydrogens is 262 g/mol. The first-order chi connectivity index (χ1) is 9.20. The Morgan fingerprint density at radius 3 is 2.95 bits per heavy atom. The summed E-state index contributed by atoms with van der Waals surface area (Å²) in [6.45, 7) is 7.12. The van der Waals surface area contributed by atoms with Crippen LogP contribution >= 0.6 is 11.6 Å². The molecule has 0 aromatic carbocycles. The lowest BCUT2D eigenvalue weighted by Gasteiger charge is -2.22. The standard InChI is InChI=1S/C13H22ClN5/c1-3-5-15-13-16-10-11(14)12(17-13)19-7-4-6-18(2)8-9-19/h10H,3-9H2,1-2H3,(H,15,16,17). The van der Waals surface area contributed by atoms with Crippen molar-refractivity contribution in [2.45, 2.75) is 19.8 Å². The van der Waals surface area contributed by atoms with Gasteiger partial charge in [0.05, 0.1) is 6.20 Å². The van der Waals surface area contributed by atoms with Gasteiger partial charge in [-0.2, -0.15) is 4.98 Å². The molecule has 1 aliphatic rings. The number of hydrogen-bond donors (Lipinski definition) is 1. The average Bonchev–Trinajstić information content (AvgIpc) is 2.63. The van der Waals surface area contributed by atoms with Crippen molar-refractivity contribution in [3.63, 3.8) is 0 Å². The molecule has 0 radical (unpaired) electrons. The van der Waals surface area contributed by atoms with E-state index in [2.05, 4.69) is 39.1 Å². The number of rotatable bonds is 4. The Balaban J connectivity index is 2.12. The van der Waals surface area contributed by atoms with Crippen LogP contribution < -0.4 is 10.2 Å². The molecule has 1 aromatic heterocycles. The fourth-order valence-electron chi connectivity index (χ4n) is 2.16. The Bertz CT molecular complexity index is 412. The van der Waals surface area contributed by atoms with E-state index < -0.39 is 0 Å². The number of aromatic nitrogens is 2. The number of halogens is 1. The van der Waals surface area contributed by atoms with Crippen molar-refractivity contribution < 1.29 is 0 Å². The van der Waals surface area contributed by atoms with Gasteiger partial charge in [0.1, 0.15) is 5.02 Å².